The number of carbonyl (C=O) groups is 1. The van der Waals surface area contributed by atoms with Gasteiger partial charge in [-0.05, 0) is 0 Å². The average molecular weight is 195 g/mol. The van der Waals surface area contributed by atoms with Crippen LogP contribution in [0.4, 0.5) is 5.69 Å². The number of para-hydroxylation sites is 1. The minimum atomic E-state index is -1.14. The van der Waals surface area contributed by atoms with E-state index in [2.05, 4.69) is 0 Å². The number of nitro benzene ring substituents is 1. The van der Waals surface area contributed by atoms with Crippen LogP contribution in [-0.4, -0.2) is 10.8 Å². The van der Waals surface area contributed by atoms with Gasteiger partial charge in [0.05, 0.1) is 10.5 Å². The molecule has 0 fully saturated rings. The molecule has 0 radical (unpaired) electrons. The second kappa shape index (κ2) is 3.84. The van der Waals surface area contributed by atoms with Crippen LogP contribution in [-0.2, 0) is 4.79 Å². The van der Waals surface area contributed by atoms with E-state index >= 15 is 0 Å². The largest absolute Gasteiger partial charge is 0.368 e. The molecule has 1 unspecified atom stereocenters. The van der Waals surface area contributed by atoms with E-state index < -0.39 is 16.9 Å². The van der Waals surface area contributed by atoms with Crippen LogP contribution in [0, 0.1) is 10.1 Å². The molecule has 0 bridgehead atoms. The molecule has 1 aromatic carbocycles. The van der Waals surface area contributed by atoms with Crippen molar-refractivity contribution in [2.75, 3.05) is 0 Å². The van der Waals surface area contributed by atoms with Crippen LogP contribution in [0.15, 0.2) is 24.3 Å². The summed E-state index contributed by atoms with van der Waals surface area (Å²) in [5.41, 5.74) is 10.3. The van der Waals surface area contributed by atoms with Gasteiger partial charge in [-0.2, -0.15) is 0 Å². The number of carbonyl (C=O) groups excluding carboxylic acids is 1. The van der Waals surface area contributed by atoms with Gasteiger partial charge < -0.3 is 11.5 Å². The molecular formula is C8H9N3O3. The van der Waals surface area contributed by atoms with Gasteiger partial charge in [-0.1, -0.05) is 18.2 Å². The Morgan fingerprint density at radius 3 is 2.50 bits per heavy atom. The molecule has 1 atom stereocenters. The molecule has 6 heteroatoms. The van der Waals surface area contributed by atoms with Gasteiger partial charge in [0.1, 0.15) is 6.04 Å². The summed E-state index contributed by atoms with van der Waals surface area (Å²) >= 11 is 0. The van der Waals surface area contributed by atoms with E-state index in [0.29, 0.717) is 0 Å². The fourth-order valence-corrected chi connectivity index (χ4v) is 1.07. The number of nitro groups is 1. The van der Waals surface area contributed by atoms with Gasteiger partial charge in [-0.25, -0.2) is 0 Å². The standard InChI is InChI=1S/C8H9N3O3/c9-7(8(10)12)5-3-1-2-4-6(5)11(13)14/h1-4,7H,9H2,(H2,10,12). The lowest BCUT2D eigenvalue weighted by atomic mass is 10.1. The molecule has 14 heavy (non-hydrogen) atoms. The molecule has 1 amide bonds. The van der Waals surface area contributed by atoms with Crippen molar-refractivity contribution in [2.45, 2.75) is 6.04 Å². The molecule has 1 aromatic rings. The molecule has 6 nitrogen and oxygen atoms in total. The van der Waals surface area contributed by atoms with E-state index in [1.54, 1.807) is 6.07 Å². The maximum atomic E-state index is 10.7. The number of amides is 1. The van der Waals surface area contributed by atoms with Gasteiger partial charge in [-0.15, -0.1) is 0 Å². The fraction of sp³-hybridized carbons (Fsp3) is 0.125. The van der Waals surface area contributed by atoms with Gasteiger partial charge in [0.2, 0.25) is 5.91 Å². The van der Waals surface area contributed by atoms with E-state index in [0.717, 1.165) is 0 Å². The Morgan fingerprint density at radius 1 is 1.43 bits per heavy atom. The lowest BCUT2D eigenvalue weighted by Gasteiger charge is -2.07. The quantitative estimate of drug-likeness (QED) is 0.525. The fourth-order valence-electron chi connectivity index (χ4n) is 1.07. The molecule has 4 N–H and O–H groups in total. The Labute approximate surface area is 79.7 Å². The molecule has 0 aliphatic carbocycles. The van der Waals surface area contributed by atoms with Crippen molar-refractivity contribution >= 4 is 11.6 Å². The zero-order valence-corrected chi connectivity index (χ0v) is 7.21. The highest BCUT2D eigenvalue weighted by atomic mass is 16.6. The number of primary amides is 1. The smallest absolute Gasteiger partial charge is 0.274 e. The molecule has 0 aliphatic rings. The van der Waals surface area contributed by atoms with Crippen LogP contribution in [0.1, 0.15) is 11.6 Å². The highest BCUT2D eigenvalue weighted by Gasteiger charge is 2.21. The first-order valence-electron chi connectivity index (χ1n) is 3.82. The van der Waals surface area contributed by atoms with Crippen molar-refractivity contribution in [3.63, 3.8) is 0 Å². The average Bonchev–Trinajstić information content (AvgIpc) is 2.16. The Morgan fingerprint density at radius 2 is 2.00 bits per heavy atom. The molecule has 74 valence electrons. The summed E-state index contributed by atoms with van der Waals surface area (Å²) < 4.78 is 0. The number of rotatable bonds is 3. The predicted octanol–water partition coefficient (Wildman–Crippen LogP) is 0.0799. The zero-order chi connectivity index (χ0) is 10.7. The summed E-state index contributed by atoms with van der Waals surface area (Å²) in [5, 5.41) is 10.5. The Balaban J connectivity index is 3.19. The Bertz CT molecular complexity index is 378. The molecular weight excluding hydrogens is 186 g/mol. The summed E-state index contributed by atoms with van der Waals surface area (Å²) in [7, 11) is 0. The molecule has 0 spiro atoms. The van der Waals surface area contributed by atoms with Crippen LogP contribution < -0.4 is 11.5 Å². The molecule has 0 aliphatic heterocycles. The second-order valence-electron chi connectivity index (χ2n) is 2.70. The van der Waals surface area contributed by atoms with Crippen LogP contribution in [0.25, 0.3) is 0 Å². The minimum absolute atomic E-state index is 0.130. The molecule has 1 rings (SSSR count). The maximum Gasteiger partial charge on any atom is 0.274 e. The number of nitrogens with two attached hydrogens (primary N) is 2. The SMILES string of the molecule is NC(=O)C(N)c1ccccc1[N+](=O)[O-]. The first-order chi connectivity index (χ1) is 6.54. The lowest BCUT2D eigenvalue weighted by molar-refractivity contribution is -0.385. The minimum Gasteiger partial charge on any atom is -0.368 e. The van der Waals surface area contributed by atoms with Crippen molar-refractivity contribution in [3.8, 4) is 0 Å². The van der Waals surface area contributed by atoms with Gasteiger partial charge in [0, 0.05) is 6.07 Å². The van der Waals surface area contributed by atoms with E-state index in [1.807, 2.05) is 0 Å². The Hall–Kier alpha value is -1.95. The Kier molecular flexibility index (Phi) is 2.78. The van der Waals surface area contributed by atoms with Gasteiger partial charge in [-0.3, -0.25) is 14.9 Å². The molecule has 0 saturated carbocycles. The summed E-state index contributed by atoms with van der Waals surface area (Å²) in [6.07, 6.45) is 0. The van der Waals surface area contributed by atoms with Crippen molar-refractivity contribution < 1.29 is 9.72 Å². The molecule has 0 heterocycles. The number of benzene rings is 1. The lowest BCUT2D eigenvalue weighted by Crippen LogP contribution is -2.28. The molecule has 0 saturated heterocycles. The van der Waals surface area contributed by atoms with E-state index in [-0.39, 0.29) is 11.3 Å². The maximum absolute atomic E-state index is 10.7. The van der Waals surface area contributed by atoms with Crippen LogP contribution in [0.3, 0.4) is 0 Å². The van der Waals surface area contributed by atoms with Crippen LogP contribution >= 0.6 is 0 Å². The first-order valence-corrected chi connectivity index (χ1v) is 3.82. The summed E-state index contributed by atoms with van der Waals surface area (Å²) in [5.74, 6) is -0.792. The van der Waals surface area contributed by atoms with E-state index in [9.17, 15) is 14.9 Å². The topological polar surface area (TPSA) is 112 Å². The van der Waals surface area contributed by atoms with E-state index in [1.165, 1.54) is 18.2 Å². The number of hydrogen-bond donors (Lipinski definition) is 2. The van der Waals surface area contributed by atoms with E-state index in [4.69, 9.17) is 11.5 Å². The second-order valence-corrected chi connectivity index (χ2v) is 2.70. The van der Waals surface area contributed by atoms with Crippen molar-refractivity contribution in [1.82, 2.24) is 0 Å². The summed E-state index contributed by atoms with van der Waals surface area (Å²) in [4.78, 5) is 20.7. The number of hydrogen-bond acceptors (Lipinski definition) is 4. The van der Waals surface area contributed by atoms with Crippen LogP contribution in [0.2, 0.25) is 0 Å². The van der Waals surface area contributed by atoms with Gasteiger partial charge in [0.25, 0.3) is 5.69 Å². The third-order valence-corrected chi connectivity index (χ3v) is 1.78. The van der Waals surface area contributed by atoms with Crippen LogP contribution in [0.5, 0.6) is 0 Å². The summed E-state index contributed by atoms with van der Waals surface area (Å²) in [6.45, 7) is 0. The zero-order valence-electron chi connectivity index (χ0n) is 7.21. The van der Waals surface area contributed by atoms with Crippen molar-refractivity contribution in [2.24, 2.45) is 11.5 Å². The normalized spacial score (nSPS) is 12.1. The third-order valence-electron chi connectivity index (χ3n) is 1.78. The highest BCUT2D eigenvalue weighted by Crippen LogP contribution is 2.22. The van der Waals surface area contributed by atoms with Gasteiger partial charge in [0.15, 0.2) is 0 Å². The highest BCUT2D eigenvalue weighted by molar-refractivity contribution is 5.82. The number of nitrogens with zero attached hydrogens (tertiary/aromatic N) is 1. The molecule has 0 aromatic heterocycles. The summed E-state index contributed by atoms with van der Waals surface area (Å²) in [6, 6.07) is 4.60. The monoisotopic (exact) mass is 195 g/mol. The predicted molar refractivity (Wildman–Crippen MR) is 49.2 cm³/mol. The van der Waals surface area contributed by atoms with Crippen molar-refractivity contribution in [3.05, 3.63) is 39.9 Å². The van der Waals surface area contributed by atoms with Gasteiger partial charge >= 0.3 is 0 Å². The first kappa shape index (κ1) is 10.1. The van der Waals surface area contributed by atoms with Crippen molar-refractivity contribution in [1.29, 1.82) is 0 Å². The third kappa shape index (κ3) is 1.86.